The van der Waals surface area contributed by atoms with E-state index in [-0.39, 0.29) is 42.1 Å². The van der Waals surface area contributed by atoms with Crippen molar-refractivity contribution in [2.45, 2.75) is 49.7 Å². The second kappa shape index (κ2) is 4.50. The Bertz CT molecular complexity index is 360. The molecule has 1 unspecified atom stereocenters. The Hall–Kier alpha value is 0.830. The molecule has 88 valence electrons. The van der Waals surface area contributed by atoms with Crippen LogP contribution in [-0.4, -0.2) is 36.2 Å². The van der Waals surface area contributed by atoms with Gasteiger partial charge in [0.15, 0.2) is 5.79 Å². The summed E-state index contributed by atoms with van der Waals surface area (Å²) in [6.07, 6.45) is 0.909. The molecule has 0 bridgehead atoms. The molecule has 0 aromatic heterocycles. The van der Waals surface area contributed by atoms with Gasteiger partial charge in [0.1, 0.15) is 10.1 Å². The van der Waals surface area contributed by atoms with Crippen LogP contribution in [0.2, 0.25) is 0 Å². The van der Waals surface area contributed by atoms with Crippen LogP contribution in [0.4, 0.5) is 0 Å². The fourth-order valence-electron chi connectivity index (χ4n) is 1.97. The van der Waals surface area contributed by atoms with Crippen LogP contribution in [0.1, 0.15) is 33.1 Å². The predicted octanol–water partition coefficient (Wildman–Crippen LogP) is -2.39. The molecular formula is C9H15NaO5S. The minimum absolute atomic E-state index is 0. The van der Waals surface area contributed by atoms with Gasteiger partial charge in [-0.2, -0.15) is 0 Å². The monoisotopic (exact) mass is 258 g/mol. The fraction of sp³-hybridized carbons (Fsp3) is 1.00. The third-order valence-corrected chi connectivity index (χ3v) is 4.64. The van der Waals surface area contributed by atoms with Crippen LogP contribution in [-0.2, 0) is 19.6 Å². The molecule has 0 radical (unpaired) electrons. The molecule has 1 atom stereocenters. The quantitative estimate of drug-likeness (QED) is 0.417. The molecule has 0 aromatic rings. The first-order chi connectivity index (χ1) is 6.74. The summed E-state index contributed by atoms with van der Waals surface area (Å²) in [7, 11) is -4.20. The molecule has 0 aromatic carbocycles. The van der Waals surface area contributed by atoms with E-state index in [1.165, 1.54) is 0 Å². The Morgan fingerprint density at radius 1 is 1.38 bits per heavy atom. The number of rotatable bonds is 3. The van der Waals surface area contributed by atoms with Gasteiger partial charge in [-0.05, 0) is 33.1 Å². The van der Waals surface area contributed by atoms with E-state index in [4.69, 9.17) is 9.47 Å². The largest absolute Gasteiger partial charge is 1.00 e. The topological polar surface area (TPSA) is 75.7 Å². The summed E-state index contributed by atoms with van der Waals surface area (Å²) in [5.41, 5.74) is 0. The number of ether oxygens (including phenoxy) is 2. The fourth-order valence-corrected chi connectivity index (χ4v) is 2.97. The van der Waals surface area contributed by atoms with Crippen molar-refractivity contribution < 1.29 is 52.0 Å². The number of hydrogen-bond acceptors (Lipinski definition) is 5. The van der Waals surface area contributed by atoms with E-state index in [9.17, 15) is 13.0 Å². The summed E-state index contributed by atoms with van der Waals surface area (Å²) in [5.74, 6) is -0.659. The third kappa shape index (κ3) is 2.98. The van der Waals surface area contributed by atoms with Crippen molar-refractivity contribution in [1.82, 2.24) is 0 Å². The Morgan fingerprint density at radius 3 is 2.25 bits per heavy atom. The summed E-state index contributed by atoms with van der Waals surface area (Å²) >= 11 is 0. The molecule has 1 saturated heterocycles. The van der Waals surface area contributed by atoms with Gasteiger partial charge < -0.3 is 14.0 Å². The van der Waals surface area contributed by atoms with Crippen LogP contribution < -0.4 is 29.6 Å². The molecule has 2 fully saturated rings. The van der Waals surface area contributed by atoms with Gasteiger partial charge in [-0.1, -0.05) is 0 Å². The molecule has 2 rings (SSSR count). The van der Waals surface area contributed by atoms with Crippen molar-refractivity contribution in [3.8, 4) is 0 Å². The average molecular weight is 258 g/mol. The zero-order chi connectivity index (χ0) is 11.3. The second-order valence-electron chi connectivity index (χ2n) is 4.79. The first kappa shape index (κ1) is 14.9. The van der Waals surface area contributed by atoms with Crippen molar-refractivity contribution in [2.75, 3.05) is 6.61 Å². The predicted molar refractivity (Wildman–Crippen MR) is 51.2 cm³/mol. The zero-order valence-electron chi connectivity index (χ0n) is 9.86. The van der Waals surface area contributed by atoms with Crippen molar-refractivity contribution in [2.24, 2.45) is 0 Å². The van der Waals surface area contributed by atoms with Crippen LogP contribution in [0.5, 0.6) is 0 Å². The van der Waals surface area contributed by atoms with E-state index in [1.54, 1.807) is 13.8 Å². The summed E-state index contributed by atoms with van der Waals surface area (Å²) in [6.45, 7) is 3.92. The summed E-state index contributed by atoms with van der Waals surface area (Å²) in [4.78, 5) is 0. The van der Waals surface area contributed by atoms with Gasteiger partial charge in [-0.25, -0.2) is 8.42 Å². The van der Waals surface area contributed by atoms with Crippen molar-refractivity contribution in [3.63, 3.8) is 0 Å². The van der Waals surface area contributed by atoms with Crippen LogP contribution in [0.15, 0.2) is 0 Å². The summed E-state index contributed by atoms with van der Waals surface area (Å²) in [5, 5.41) is 0. The molecule has 7 heteroatoms. The molecule has 0 amide bonds. The molecule has 1 heterocycles. The van der Waals surface area contributed by atoms with Gasteiger partial charge in [0.2, 0.25) is 0 Å². The van der Waals surface area contributed by atoms with Crippen LogP contribution in [0, 0.1) is 0 Å². The molecular weight excluding hydrogens is 243 g/mol. The van der Waals surface area contributed by atoms with Gasteiger partial charge in [0, 0.05) is 0 Å². The molecule has 1 aliphatic heterocycles. The molecule has 1 aliphatic carbocycles. The average Bonchev–Trinajstić information content (AvgIpc) is 2.73. The SMILES string of the molecule is CC1(C)OCC(CC2(S(=O)(=O)[O-])CC2)O1.[Na+]. The normalized spacial score (nSPS) is 30.8. The Kier molecular flexibility index (Phi) is 4.18. The summed E-state index contributed by atoms with van der Waals surface area (Å²) in [6, 6.07) is 0. The maximum atomic E-state index is 11.0. The molecule has 16 heavy (non-hydrogen) atoms. The van der Waals surface area contributed by atoms with Crippen molar-refractivity contribution in [1.29, 1.82) is 0 Å². The first-order valence-electron chi connectivity index (χ1n) is 5.01. The molecule has 0 N–H and O–H groups in total. The first-order valence-corrected chi connectivity index (χ1v) is 6.42. The Balaban J connectivity index is 0.00000128. The minimum atomic E-state index is -4.20. The van der Waals surface area contributed by atoms with E-state index in [2.05, 4.69) is 0 Å². The smallest absolute Gasteiger partial charge is 0.748 e. The summed E-state index contributed by atoms with van der Waals surface area (Å²) < 4.78 is 42.8. The van der Waals surface area contributed by atoms with Crippen LogP contribution in [0.3, 0.4) is 0 Å². The Labute approximate surface area is 118 Å². The van der Waals surface area contributed by atoms with Gasteiger partial charge in [-0.15, -0.1) is 0 Å². The van der Waals surface area contributed by atoms with Crippen molar-refractivity contribution in [3.05, 3.63) is 0 Å². The van der Waals surface area contributed by atoms with E-state index in [1.807, 2.05) is 0 Å². The Morgan fingerprint density at radius 2 is 1.94 bits per heavy atom. The van der Waals surface area contributed by atoms with E-state index < -0.39 is 20.7 Å². The van der Waals surface area contributed by atoms with Crippen LogP contribution in [0.25, 0.3) is 0 Å². The molecule has 1 saturated carbocycles. The zero-order valence-corrected chi connectivity index (χ0v) is 12.7. The van der Waals surface area contributed by atoms with Gasteiger partial charge in [0.25, 0.3) is 0 Å². The molecule has 0 spiro atoms. The van der Waals surface area contributed by atoms with Crippen LogP contribution >= 0.6 is 0 Å². The van der Waals surface area contributed by atoms with Gasteiger partial charge >= 0.3 is 29.6 Å². The minimum Gasteiger partial charge on any atom is -0.748 e. The van der Waals surface area contributed by atoms with E-state index in [0.29, 0.717) is 19.4 Å². The maximum absolute atomic E-state index is 11.0. The van der Waals surface area contributed by atoms with E-state index >= 15 is 0 Å². The molecule has 2 aliphatic rings. The number of hydrogen-bond donors (Lipinski definition) is 0. The van der Waals surface area contributed by atoms with Gasteiger partial charge in [-0.3, -0.25) is 0 Å². The van der Waals surface area contributed by atoms with E-state index in [0.717, 1.165) is 0 Å². The standard InChI is InChI=1S/C9H16O5S.Na/c1-8(2)13-6-7(14-8)5-9(3-4-9)15(10,11)12;/h7H,3-6H2,1-2H3,(H,10,11,12);/q;+1/p-1. The van der Waals surface area contributed by atoms with Crippen molar-refractivity contribution >= 4 is 10.1 Å². The molecule has 5 nitrogen and oxygen atoms in total. The second-order valence-corrected chi connectivity index (χ2v) is 6.57. The maximum Gasteiger partial charge on any atom is 1.00 e. The van der Waals surface area contributed by atoms with Gasteiger partial charge in [0.05, 0.1) is 17.5 Å². The third-order valence-electron chi connectivity index (χ3n) is 3.00.